The quantitative estimate of drug-likeness (QED) is 0.402. The maximum atomic E-state index is 9.50. The molecule has 2 atom stereocenters. The molecule has 2 nitrogen and oxygen atoms in total. The minimum atomic E-state index is -0.0998. The normalized spacial score (nSPS) is 13.4. The minimum absolute atomic E-state index is 0.00105. The Morgan fingerprint density at radius 1 is 0.690 bits per heavy atom. The smallest absolute Gasteiger partial charge is 0.129 e. The van der Waals surface area contributed by atoms with E-state index in [1.165, 1.54) is 11.1 Å². The van der Waals surface area contributed by atoms with Gasteiger partial charge in [0.2, 0.25) is 0 Å². The summed E-state index contributed by atoms with van der Waals surface area (Å²) in [6.07, 6.45) is 4.42. The highest BCUT2D eigenvalue weighted by molar-refractivity contribution is 5.52. The summed E-state index contributed by atoms with van der Waals surface area (Å²) in [5.74, 6) is 1.52. The van der Waals surface area contributed by atoms with Crippen molar-refractivity contribution >= 4 is 6.08 Å². The first-order valence-corrected chi connectivity index (χ1v) is 9.88. The van der Waals surface area contributed by atoms with Crippen LogP contribution in [0.25, 0.3) is 6.08 Å². The molecule has 0 saturated heterocycles. The number of hydrogen-bond acceptors (Lipinski definition) is 2. The topological polar surface area (TPSA) is 33.4 Å². The Labute approximate surface area is 171 Å². The standard InChI is InChI=1S/C27H24O2/c28-20-24-17-19-26(29-24)27(23-14-8-3-9-15-23)25(22-12-6-2-7-13-22)18-16-21-10-4-1-5-11-21/h1-19,25,27-28H,20H2/b18-16+/t25-,27-/m1/s1. The minimum Gasteiger partial charge on any atom is -0.463 e. The number of aliphatic hydroxyl groups is 1. The predicted octanol–water partition coefficient (Wildman–Crippen LogP) is 6.40. The third kappa shape index (κ3) is 4.56. The fraction of sp³-hybridized carbons (Fsp3) is 0.111. The van der Waals surface area contributed by atoms with Gasteiger partial charge >= 0.3 is 0 Å². The van der Waals surface area contributed by atoms with E-state index in [0.717, 1.165) is 11.3 Å². The Morgan fingerprint density at radius 2 is 1.28 bits per heavy atom. The number of aliphatic hydroxyl groups excluding tert-OH is 1. The van der Waals surface area contributed by atoms with Gasteiger partial charge in [-0.3, -0.25) is 0 Å². The second-order valence-electron chi connectivity index (χ2n) is 7.06. The van der Waals surface area contributed by atoms with Crippen LogP contribution >= 0.6 is 0 Å². The molecule has 4 rings (SSSR count). The molecule has 3 aromatic carbocycles. The van der Waals surface area contributed by atoms with Crippen LogP contribution in [0.5, 0.6) is 0 Å². The van der Waals surface area contributed by atoms with Gasteiger partial charge in [-0.2, -0.15) is 0 Å². The summed E-state index contributed by atoms with van der Waals surface area (Å²) in [5, 5.41) is 9.50. The highest BCUT2D eigenvalue weighted by Crippen LogP contribution is 2.40. The van der Waals surface area contributed by atoms with Crippen molar-refractivity contribution in [2.45, 2.75) is 18.4 Å². The molecule has 1 heterocycles. The Hall–Kier alpha value is -3.36. The molecule has 0 radical (unpaired) electrons. The van der Waals surface area contributed by atoms with Gasteiger partial charge in [0.15, 0.2) is 0 Å². The molecular weight excluding hydrogens is 356 g/mol. The fourth-order valence-electron chi connectivity index (χ4n) is 3.72. The highest BCUT2D eigenvalue weighted by atomic mass is 16.4. The Kier molecular flexibility index (Phi) is 6.04. The van der Waals surface area contributed by atoms with Crippen molar-refractivity contribution in [3.63, 3.8) is 0 Å². The van der Waals surface area contributed by atoms with E-state index in [4.69, 9.17) is 4.42 Å². The lowest BCUT2D eigenvalue weighted by molar-refractivity contribution is 0.242. The summed E-state index contributed by atoms with van der Waals surface area (Å²) >= 11 is 0. The van der Waals surface area contributed by atoms with Gasteiger partial charge in [0.25, 0.3) is 0 Å². The van der Waals surface area contributed by atoms with Crippen molar-refractivity contribution in [3.8, 4) is 0 Å². The van der Waals surface area contributed by atoms with E-state index in [1.807, 2.05) is 42.5 Å². The summed E-state index contributed by atoms with van der Waals surface area (Å²) in [4.78, 5) is 0. The second-order valence-corrected chi connectivity index (χ2v) is 7.06. The van der Waals surface area contributed by atoms with Crippen LogP contribution in [-0.2, 0) is 6.61 Å². The predicted molar refractivity (Wildman–Crippen MR) is 118 cm³/mol. The number of rotatable bonds is 7. The van der Waals surface area contributed by atoms with Crippen molar-refractivity contribution in [1.29, 1.82) is 0 Å². The monoisotopic (exact) mass is 380 g/mol. The molecule has 0 fully saturated rings. The van der Waals surface area contributed by atoms with Crippen molar-refractivity contribution in [2.75, 3.05) is 0 Å². The third-order valence-electron chi connectivity index (χ3n) is 5.14. The molecule has 1 aromatic heterocycles. The highest BCUT2D eigenvalue weighted by Gasteiger charge is 2.27. The molecule has 1 N–H and O–H groups in total. The number of hydrogen-bond donors (Lipinski definition) is 1. The van der Waals surface area contributed by atoms with Crippen LogP contribution in [0.2, 0.25) is 0 Å². The van der Waals surface area contributed by atoms with Crippen molar-refractivity contribution in [3.05, 3.63) is 137 Å². The SMILES string of the molecule is OCc1ccc([C@H](c2ccccc2)[C@H](/C=C/c2ccccc2)c2ccccc2)o1. The lowest BCUT2D eigenvalue weighted by Gasteiger charge is -2.24. The number of furan rings is 1. The van der Waals surface area contributed by atoms with Crippen LogP contribution in [0, 0.1) is 0 Å². The summed E-state index contributed by atoms with van der Waals surface area (Å²) in [6, 6.07) is 35.1. The zero-order chi connectivity index (χ0) is 19.9. The van der Waals surface area contributed by atoms with Crippen LogP contribution in [0.4, 0.5) is 0 Å². The summed E-state index contributed by atoms with van der Waals surface area (Å²) in [5.41, 5.74) is 3.56. The van der Waals surface area contributed by atoms with E-state index < -0.39 is 0 Å². The van der Waals surface area contributed by atoms with Crippen LogP contribution in [0.15, 0.2) is 114 Å². The van der Waals surface area contributed by atoms with E-state index in [0.29, 0.717) is 5.76 Å². The first-order valence-electron chi connectivity index (χ1n) is 9.88. The first kappa shape index (κ1) is 19.0. The molecule has 0 amide bonds. The van der Waals surface area contributed by atoms with Crippen LogP contribution < -0.4 is 0 Å². The van der Waals surface area contributed by atoms with Gasteiger partial charge in [0.05, 0.1) is 5.92 Å². The molecular formula is C27H24O2. The number of benzene rings is 3. The Balaban J connectivity index is 1.82. The van der Waals surface area contributed by atoms with E-state index >= 15 is 0 Å². The summed E-state index contributed by atoms with van der Waals surface area (Å²) < 4.78 is 6.02. The third-order valence-corrected chi connectivity index (χ3v) is 5.14. The average molecular weight is 380 g/mol. The first-order chi connectivity index (χ1) is 14.3. The fourth-order valence-corrected chi connectivity index (χ4v) is 3.72. The largest absolute Gasteiger partial charge is 0.463 e. The molecule has 144 valence electrons. The molecule has 0 aliphatic rings. The maximum Gasteiger partial charge on any atom is 0.129 e. The van der Waals surface area contributed by atoms with E-state index in [2.05, 4.69) is 72.8 Å². The zero-order valence-corrected chi connectivity index (χ0v) is 16.2. The molecule has 4 aromatic rings. The summed E-state index contributed by atoms with van der Waals surface area (Å²) in [6.45, 7) is -0.0998. The summed E-state index contributed by atoms with van der Waals surface area (Å²) in [7, 11) is 0. The maximum absolute atomic E-state index is 9.50. The molecule has 0 bridgehead atoms. The van der Waals surface area contributed by atoms with Crippen molar-refractivity contribution in [1.82, 2.24) is 0 Å². The average Bonchev–Trinajstić information content (AvgIpc) is 3.27. The van der Waals surface area contributed by atoms with Gasteiger partial charge in [-0.05, 0) is 28.8 Å². The molecule has 0 aliphatic heterocycles. The van der Waals surface area contributed by atoms with Gasteiger partial charge < -0.3 is 9.52 Å². The van der Waals surface area contributed by atoms with E-state index in [9.17, 15) is 5.11 Å². The van der Waals surface area contributed by atoms with Crippen LogP contribution in [0.1, 0.15) is 40.0 Å². The number of allylic oxidation sites excluding steroid dienone is 1. The molecule has 29 heavy (non-hydrogen) atoms. The van der Waals surface area contributed by atoms with Gasteiger partial charge in [0.1, 0.15) is 18.1 Å². The Morgan fingerprint density at radius 3 is 1.86 bits per heavy atom. The van der Waals surface area contributed by atoms with Crippen molar-refractivity contribution in [2.24, 2.45) is 0 Å². The van der Waals surface area contributed by atoms with Gasteiger partial charge in [-0.1, -0.05) is 103 Å². The van der Waals surface area contributed by atoms with Gasteiger partial charge in [-0.25, -0.2) is 0 Å². The molecule has 0 unspecified atom stereocenters. The molecule has 0 spiro atoms. The molecule has 0 saturated carbocycles. The lowest BCUT2D eigenvalue weighted by Crippen LogP contribution is -2.11. The second kappa shape index (κ2) is 9.22. The van der Waals surface area contributed by atoms with Gasteiger partial charge in [-0.15, -0.1) is 0 Å². The van der Waals surface area contributed by atoms with Crippen LogP contribution in [-0.4, -0.2) is 5.11 Å². The van der Waals surface area contributed by atoms with Crippen molar-refractivity contribution < 1.29 is 9.52 Å². The molecule has 2 heteroatoms. The zero-order valence-electron chi connectivity index (χ0n) is 16.2. The van der Waals surface area contributed by atoms with E-state index in [-0.39, 0.29) is 18.4 Å². The van der Waals surface area contributed by atoms with Gasteiger partial charge in [0, 0.05) is 5.92 Å². The van der Waals surface area contributed by atoms with Crippen LogP contribution in [0.3, 0.4) is 0 Å². The Bertz CT molecular complexity index is 1030. The molecule has 0 aliphatic carbocycles. The van der Waals surface area contributed by atoms with E-state index in [1.54, 1.807) is 0 Å². The lowest BCUT2D eigenvalue weighted by atomic mass is 9.79.